The van der Waals surface area contributed by atoms with E-state index in [9.17, 15) is 19.0 Å². The minimum absolute atomic E-state index is 0.0324. The van der Waals surface area contributed by atoms with Crippen LogP contribution in [0.2, 0.25) is 0 Å². The van der Waals surface area contributed by atoms with Crippen LogP contribution < -0.4 is 0 Å². The van der Waals surface area contributed by atoms with Crippen LogP contribution in [0.25, 0.3) is 0 Å². The number of hydrogen-bond donors (Lipinski definition) is 1. The standard InChI is InChI=1S/C68H124NO8P/c1-6-8-10-12-14-16-18-20-22-24-26-27-28-29-30-31-32-33-34-35-36-37-38-39-40-41-43-45-47-49-51-53-55-57-59-61-68(71)77-66(65-76-78(72,73)75-63-62-69(3,4)5)64-74-67(70)60-58-56-54-52-50-48-46-44-42-25-23-21-19-17-15-13-11-9-7-2/h8,10,14,16,20,22,26-27,29-30,32-33,66H,6-7,9,11-13,15,17-19,21,23-25,28,31,34-65H2,1-5H3/p+1/b10-8-,16-14-,22-20-,27-26-,30-29-,33-32-. The van der Waals surface area contributed by atoms with E-state index in [1.807, 2.05) is 21.1 Å². The number of carbonyl (C=O) groups is 2. The average molecular weight is 1120 g/mol. The van der Waals surface area contributed by atoms with E-state index in [1.165, 1.54) is 193 Å². The molecule has 0 saturated heterocycles. The molecule has 0 spiro atoms. The largest absolute Gasteiger partial charge is 0.472 e. The summed E-state index contributed by atoms with van der Waals surface area (Å²) in [6, 6.07) is 0. The molecule has 0 aliphatic heterocycles. The fourth-order valence-electron chi connectivity index (χ4n) is 9.26. The fraction of sp³-hybridized carbons (Fsp3) is 0.794. The number of rotatable bonds is 60. The molecular weight excluding hydrogens is 990 g/mol. The number of ether oxygens (including phenoxy) is 2. The lowest BCUT2D eigenvalue weighted by atomic mass is 10.0. The van der Waals surface area contributed by atoms with Crippen molar-refractivity contribution in [3.8, 4) is 0 Å². The third-order valence-corrected chi connectivity index (χ3v) is 15.2. The van der Waals surface area contributed by atoms with Crippen molar-refractivity contribution in [3.63, 3.8) is 0 Å². The van der Waals surface area contributed by atoms with Crippen LogP contribution in [0.4, 0.5) is 0 Å². The zero-order valence-electron chi connectivity index (χ0n) is 51.6. The molecule has 0 amide bonds. The monoisotopic (exact) mass is 1110 g/mol. The van der Waals surface area contributed by atoms with E-state index in [0.717, 1.165) is 70.6 Å². The topological polar surface area (TPSA) is 108 Å². The van der Waals surface area contributed by atoms with Crippen LogP contribution in [0, 0.1) is 0 Å². The summed E-state index contributed by atoms with van der Waals surface area (Å²) in [4.78, 5) is 35.8. The lowest BCUT2D eigenvalue weighted by molar-refractivity contribution is -0.870. The number of esters is 2. The maximum atomic E-state index is 12.9. The summed E-state index contributed by atoms with van der Waals surface area (Å²) < 4.78 is 34.7. The molecule has 0 aliphatic carbocycles. The number of allylic oxidation sites excluding steroid dienone is 12. The van der Waals surface area contributed by atoms with Gasteiger partial charge in [0.1, 0.15) is 19.8 Å². The van der Waals surface area contributed by atoms with Gasteiger partial charge in [-0.1, -0.05) is 292 Å². The van der Waals surface area contributed by atoms with Crippen molar-refractivity contribution in [3.05, 3.63) is 72.9 Å². The Labute approximate surface area is 482 Å². The molecule has 10 heteroatoms. The zero-order valence-corrected chi connectivity index (χ0v) is 52.5. The Bertz CT molecular complexity index is 1550. The number of phosphoric acid groups is 1. The van der Waals surface area contributed by atoms with Crippen molar-refractivity contribution in [2.75, 3.05) is 47.5 Å². The first-order valence-corrected chi connectivity index (χ1v) is 34.2. The first kappa shape index (κ1) is 75.5. The van der Waals surface area contributed by atoms with Gasteiger partial charge in [-0.25, -0.2) is 4.57 Å². The highest BCUT2D eigenvalue weighted by Crippen LogP contribution is 2.43. The molecule has 1 N–H and O–H groups in total. The van der Waals surface area contributed by atoms with Gasteiger partial charge in [-0.3, -0.25) is 18.6 Å². The van der Waals surface area contributed by atoms with Gasteiger partial charge in [0.2, 0.25) is 0 Å². The third-order valence-electron chi connectivity index (χ3n) is 14.3. The van der Waals surface area contributed by atoms with Crippen LogP contribution >= 0.6 is 7.82 Å². The number of carbonyl (C=O) groups excluding carboxylic acids is 2. The Hall–Kier alpha value is -2.55. The summed E-state index contributed by atoms with van der Waals surface area (Å²) in [6.45, 7) is 4.36. The number of nitrogens with zero attached hydrogens (tertiary/aromatic N) is 1. The summed E-state index contributed by atoms with van der Waals surface area (Å²) in [6.07, 6.45) is 78.5. The van der Waals surface area contributed by atoms with E-state index < -0.39 is 26.5 Å². The Morgan fingerprint density at radius 3 is 1.09 bits per heavy atom. The molecule has 2 atom stereocenters. The van der Waals surface area contributed by atoms with Crippen LogP contribution in [-0.2, 0) is 32.7 Å². The van der Waals surface area contributed by atoms with Crippen LogP contribution in [0.1, 0.15) is 296 Å². The van der Waals surface area contributed by atoms with E-state index in [1.54, 1.807) is 0 Å². The second kappa shape index (κ2) is 59.1. The normalized spacial score (nSPS) is 13.7. The second-order valence-corrected chi connectivity index (χ2v) is 24.6. The maximum Gasteiger partial charge on any atom is 0.472 e. The predicted octanol–water partition coefficient (Wildman–Crippen LogP) is 20.8. The van der Waals surface area contributed by atoms with Crippen molar-refractivity contribution in [2.24, 2.45) is 0 Å². The summed E-state index contributed by atoms with van der Waals surface area (Å²) in [5, 5.41) is 0. The maximum absolute atomic E-state index is 12.9. The smallest absolute Gasteiger partial charge is 0.462 e. The van der Waals surface area contributed by atoms with Crippen LogP contribution in [-0.4, -0.2) is 74.9 Å². The van der Waals surface area contributed by atoms with Gasteiger partial charge in [-0.05, 0) is 64.2 Å². The molecule has 0 radical (unpaired) electrons. The molecule has 0 aromatic heterocycles. The zero-order chi connectivity index (χ0) is 57.0. The van der Waals surface area contributed by atoms with Crippen LogP contribution in [0.3, 0.4) is 0 Å². The van der Waals surface area contributed by atoms with Crippen molar-refractivity contribution in [1.29, 1.82) is 0 Å². The Balaban J connectivity index is 4.03. The summed E-state index contributed by atoms with van der Waals surface area (Å²) in [5.74, 6) is -0.784. The van der Waals surface area contributed by atoms with Gasteiger partial charge >= 0.3 is 19.8 Å². The van der Waals surface area contributed by atoms with Crippen molar-refractivity contribution >= 4 is 19.8 Å². The molecule has 9 nitrogen and oxygen atoms in total. The first-order chi connectivity index (χ1) is 38.0. The molecule has 0 aromatic carbocycles. The molecule has 0 fully saturated rings. The number of likely N-dealkylation sites (N-methyl/N-ethyl adjacent to an activating group) is 1. The van der Waals surface area contributed by atoms with E-state index in [-0.39, 0.29) is 25.6 Å². The predicted molar refractivity (Wildman–Crippen MR) is 335 cm³/mol. The molecule has 0 aliphatic rings. The highest BCUT2D eigenvalue weighted by atomic mass is 31.2. The lowest BCUT2D eigenvalue weighted by Crippen LogP contribution is -2.37. The molecule has 0 rings (SSSR count). The summed E-state index contributed by atoms with van der Waals surface area (Å²) in [5.41, 5.74) is 0. The lowest BCUT2D eigenvalue weighted by Gasteiger charge is -2.24. The molecule has 0 saturated carbocycles. The Morgan fingerprint density at radius 1 is 0.410 bits per heavy atom. The number of hydrogen-bond acceptors (Lipinski definition) is 7. The van der Waals surface area contributed by atoms with Gasteiger partial charge in [0.05, 0.1) is 27.7 Å². The minimum Gasteiger partial charge on any atom is -0.462 e. The summed E-state index contributed by atoms with van der Waals surface area (Å²) in [7, 11) is 1.49. The highest BCUT2D eigenvalue weighted by molar-refractivity contribution is 7.47. The second-order valence-electron chi connectivity index (χ2n) is 23.1. The first-order valence-electron chi connectivity index (χ1n) is 32.7. The number of phosphoric ester groups is 1. The molecule has 0 bridgehead atoms. The SMILES string of the molecule is CC/C=C\C/C=C\C/C=C\C/C=C\C/C=C\C/C=C\CCCCCCCCCCCCCCCCCCC(=O)OC(COC(=O)CCCCCCCCCCCCCCCCCCCCC)COP(=O)(O)OCC[N+](C)(C)C. The van der Waals surface area contributed by atoms with Crippen LogP contribution in [0.5, 0.6) is 0 Å². The van der Waals surface area contributed by atoms with Gasteiger partial charge in [0.15, 0.2) is 6.10 Å². The van der Waals surface area contributed by atoms with Crippen molar-refractivity contribution in [2.45, 2.75) is 302 Å². The molecule has 454 valence electrons. The van der Waals surface area contributed by atoms with E-state index in [2.05, 4.69) is 86.8 Å². The summed E-state index contributed by atoms with van der Waals surface area (Å²) >= 11 is 0. The molecule has 0 aromatic rings. The van der Waals surface area contributed by atoms with Gasteiger partial charge < -0.3 is 18.9 Å². The quantitative estimate of drug-likeness (QED) is 0.0211. The fourth-order valence-corrected chi connectivity index (χ4v) is 10.00. The Kier molecular flexibility index (Phi) is 57.2. The van der Waals surface area contributed by atoms with E-state index in [0.29, 0.717) is 23.9 Å². The van der Waals surface area contributed by atoms with E-state index in [4.69, 9.17) is 18.5 Å². The highest BCUT2D eigenvalue weighted by Gasteiger charge is 2.27. The molecule has 78 heavy (non-hydrogen) atoms. The van der Waals surface area contributed by atoms with Gasteiger partial charge in [-0.2, -0.15) is 0 Å². The van der Waals surface area contributed by atoms with Crippen molar-refractivity contribution < 1.29 is 42.1 Å². The van der Waals surface area contributed by atoms with E-state index >= 15 is 0 Å². The Morgan fingerprint density at radius 2 is 0.731 bits per heavy atom. The molecule has 0 heterocycles. The minimum atomic E-state index is -4.39. The molecular formula is C68H125NO8P+. The van der Waals surface area contributed by atoms with Gasteiger partial charge in [-0.15, -0.1) is 0 Å². The third kappa shape index (κ3) is 62.6. The number of quaternary nitrogens is 1. The van der Waals surface area contributed by atoms with Crippen molar-refractivity contribution in [1.82, 2.24) is 0 Å². The van der Waals surface area contributed by atoms with Gasteiger partial charge in [0.25, 0.3) is 0 Å². The molecule has 2 unspecified atom stereocenters. The van der Waals surface area contributed by atoms with Crippen LogP contribution in [0.15, 0.2) is 72.9 Å². The number of unbranched alkanes of at least 4 members (excludes halogenated alkanes) is 34. The van der Waals surface area contributed by atoms with Gasteiger partial charge in [0, 0.05) is 12.8 Å². The average Bonchev–Trinajstić information content (AvgIpc) is 3.41.